The monoisotopic (exact) mass is 2170 g/mol. The molecule has 5 unspecified atom stereocenters. The first-order valence-electron chi connectivity index (χ1n) is 44.6. The number of nitrogen functional groups attached to an aromatic ring is 1. The van der Waals surface area contributed by atoms with E-state index in [2.05, 4.69) is 40.7 Å². The summed E-state index contributed by atoms with van der Waals surface area (Å²) in [7, 11) is 1.61. The Bertz CT molecular complexity index is 8300. The number of anilines is 2. The fourth-order valence-electron chi connectivity index (χ4n) is 15.3. The van der Waals surface area contributed by atoms with Crippen LogP contribution < -0.4 is 63.0 Å². The van der Waals surface area contributed by atoms with E-state index in [0.717, 1.165) is 105 Å². The number of hydrogen-bond donors (Lipinski definition) is 7. The van der Waals surface area contributed by atoms with Crippen LogP contribution in [0.3, 0.4) is 0 Å². The van der Waals surface area contributed by atoms with Crippen molar-refractivity contribution in [2.45, 2.75) is 78.2 Å². The van der Waals surface area contributed by atoms with Crippen molar-refractivity contribution in [2.24, 2.45) is 22.9 Å². The smallest absolute Gasteiger partial charge is 0.416 e. The number of alkyl halides is 3. The van der Waals surface area contributed by atoms with Gasteiger partial charge in [-0.1, -0.05) is 155 Å². The maximum Gasteiger partial charge on any atom is 0.416 e. The number of rotatable bonds is 27. The first kappa shape index (κ1) is 104. The zero-order chi connectivity index (χ0) is 104. The van der Waals surface area contributed by atoms with Crippen LogP contribution in [-0.2, 0) is 10.9 Å². The van der Waals surface area contributed by atoms with E-state index >= 15 is 0 Å². The standard InChI is InChI=1S/C23H21ClN4O4S.C21H15ClF3N3O2S.C21H18ClN3O2S.C20H17ClN4O2S.C19H15ClN4O2S/c1-3-31-23(30)27-14-8-9-28-17(12-26-20(28)10-14)19-11-18(21(33-19)22(25)29)32-13(2)15-6-4-5-7-16(15)24;1-11(13-4-2-3-5-14(13)22)30-16-9-17(31-19(16)20(26)29)15-10-27-18-8-12(21(23,24)25)6-7-28(15)18;1-13(14-7-3-4-8-15(14)22)27-17-11-18(28-20(17)21(26)23-2)16-12-24-19-9-5-6-10-25(16)19;1-11(13-4-2-3-5-14(13)21)27-16-9-17(28-19(16)20(23)26)15-10-24-18-8-12(22)6-7-25(15)18;1-11(12-5-2-3-6-13(12)20)26-15-9-16(27-18(15)19(21)25)14-10-22-17-7-4-8-23-24(14)17/h4-13H,3H2,1-2H3,(H2,25,29)(H,27,30);2-11H,1H3,(H2,26,29);3-13H,1-2H3,(H,23,26);2-11H,22H2,1H3,(H2,23,26);2-11H,1H3,(H2,21,25). The van der Waals surface area contributed by atoms with Gasteiger partial charge in [0.25, 0.3) is 29.5 Å². The molecule has 0 aliphatic carbocycles. The van der Waals surface area contributed by atoms with Crippen LogP contribution in [0.4, 0.5) is 29.3 Å². The number of halogens is 8. The number of carbonyl (C=O) groups is 6. The number of fused-ring (bicyclic) bond motifs is 5. The Morgan fingerprint density at radius 1 is 0.374 bits per heavy atom. The van der Waals surface area contributed by atoms with Gasteiger partial charge in [0.05, 0.1) is 90.3 Å². The second-order valence-electron chi connectivity index (χ2n) is 32.2. The average molecular weight is 2170 g/mol. The van der Waals surface area contributed by atoms with Crippen molar-refractivity contribution < 1.29 is 70.4 Å². The lowest BCUT2D eigenvalue weighted by Gasteiger charge is -2.16. The van der Waals surface area contributed by atoms with Crippen molar-refractivity contribution in [3.05, 3.63) is 363 Å². The van der Waals surface area contributed by atoms with Gasteiger partial charge in [-0.15, -0.1) is 56.7 Å². The predicted molar refractivity (Wildman–Crippen MR) is 570 cm³/mol. The number of pyridine rings is 4. The maximum atomic E-state index is 13.0. The Labute approximate surface area is 881 Å². The number of carbonyl (C=O) groups excluding carboxylic acids is 6. The molecule has 0 saturated heterocycles. The molecular formula is C104H86Cl5F3N18O12S5. The maximum absolute atomic E-state index is 13.0. The van der Waals surface area contributed by atoms with Gasteiger partial charge in [0, 0.05) is 145 Å². The first-order valence-corrected chi connectivity index (χ1v) is 50.6. The summed E-state index contributed by atoms with van der Waals surface area (Å²) in [6.07, 6.45) is 10.0. The molecule has 5 atom stereocenters. The summed E-state index contributed by atoms with van der Waals surface area (Å²) in [4.78, 5) is 99.3. The summed E-state index contributed by atoms with van der Waals surface area (Å²) in [6.45, 7) is 11.3. The van der Waals surface area contributed by atoms with Crippen LogP contribution in [0.15, 0.2) is 280 Å². The van der Waals surface area contributed by atoms with Crippen LogP contribution in [0.1, 0.15) is 154 Å². The van der Waals surface area contributed by atoms with Crippen molar-refractivity contribution >= 4 is 190 Å². The lowest BCUT2D eigenvalue weighted by molar-refractivity contribution is -0.137. The number of benzene rings is 5. The number of aromatic nitrogens is 11. The normalized spacial score (nSPS) is 12.2. The van der Waals surface area contributed by atoms with E-state index in [-0.39, 0.29) is 47.1 Å². The van der Waals surface area contributed by atoms with E-state index in [1.165, 1.54) is 62.1 Å². The number of thiophene rings is 5. The largest absolute Gasteiger partial charge is 0.484 e. The summed E-state index contributed by atoms with van der Waals surface area (Å²) in [5, 5.41) is 12.6. The predicted octanol–water partition coefficient (Wildman–Crippen LogP) is 25.6. The molecule has 15 aromatic heterocycles. The van der Waals surface area contributed by atoms with Crippen molar-refractivity contribution in [2.75, 3.05) is 24.7 Å². The molecule has 0 saturated carbocycles. The molecule has 0 aliphatic heterocycles. The molecule has 20 aromatic rings. The highest BCUT2D eigenvalue weighted by Crippen LogP contribution is 2.47. The van der Waals surface area contributed by atoms with Gasteiger partial charge in [0.2, 0.25) is 0 Å². The van der Waals surface area contributed by atoms with E-state index in [4.69, 9.17) is 115 Å². The number of nitrogens with zero attached hydrogens (tertiary/aromatic N) is 11. The van der Waals surface area contributed by atoms with Crippen molar-refractivity contribution in [3.8, 4) is 81.6 Å². The zero-order valence-electron chi connectivity index (χ0n) is 78.4. The van der Waals surface area contributed by atoms with Gasteiger partial charge in [-0.25, -0.2) is 34.2 Å². The van der Waals surface area contributed by atoms with Crippen LogP contribution in [0.5, 0.6) is 28.7 Å². The number of nitrogens with one attached hydrogen (secondary N) is 2. The van der Waals surface area contributed by atoms with Crippen LogP contribution in [0, 0.1) is 0 Å². The fraction of sp³-hybridized carbons (Fsp3) is 0.135. The van der Waals surface area contributed by atoms with Crippen LogP contribution in [0.2, 0.25) is 25.1 Å². The molecule has 0 aliphatic rings. The third-order valence-electron chi connectivity index (χ3n) is 22.4. The number of amides is 6. The van der Waals surface area contributed by atoms with E-state index in [0.29, 0.717) is 101 Å². The minimum Gasteiger partial charge on any atom is -0.484 e. The van der Waals surface area contributed by atoms with Crippen molar-refractivity contribution in [3.63, 3.8) is 0 Å². The summed E-state index contributed by atoms with van der Waals surface area (Å²) >= 11 is 37.5. The second-order valence-corrected chi connectivity index (χ2v) is 39.5. The topological polar surface area (TPSA) is 411 Å². The summed E-state index contributed by atoms with van der Waals surface area (Å²) in [6, 6.07) is 64.3. The molecule has 20 rings (SSSR count). The summed E-state index contributed by atoms with van der Waals surface area (Å²) in [5.74, 6) is -0.527. The number of hydrogen-bond acceptors (Lipinski definition) is 24. The molecule has 5 aromatic carbocycles. The average Bonchev–Trinajstić information content (AvgIpc) is 1.64. The summed E-state index contributed by atoms with van der Waals surface area (Å²) in [5.41, 5.74) is 39.4. The van der Waals surface area contributed by atoms with Crippen LogP contribution in [-0.4, -0.2) is 101 Å². The Balaban J connectivity index is 0.000000131. The minimum absolute atomic E-state index is 0.130. The number of nitrogens with two attached hydrogens (primary N) is 5. The molecule has 30 nitrogen and oxygen atoms in total. The van der Waals surface area contributed by atoms with E-state index < -0.39 is 53.7 Å². The quantitative estimate of drug-likeness (QED) is 0.0251. The molecule has 12 N–H and O–H groups in total. The zero-order valence-corrected chi connectivity index (χ0v) is 86.3. The highest BCUT2D eigenvalue weighted by Gasteiger charge is 2.33. The second kappa shape index (κ2) is 45.9. The molecule has 147 heavy (non-hydrogen) atoms. The van der Waals surface area contributed by atoms with Gasteiger partial charge in [-0.05, 0) is 120 Å². The van der Waals surface area contributed by atoms with Gasteiger partial charge < -0.3 is 62.4 Å². The van der Waals surface area contributed by atoms with Gasteiger partial charge in [-0.3, -0.25) is 46.9 Å². The first-order chi connectivity index (χ1) is 70.6. The van der Waals surface area contributed by atoms with E-state index in [1.807, 2.05) is 181 Å². The van der Waals surface area contributed by atoms with Crippen molar-refractivity contribution in [1.29, 1.82) is 0 Å². The lowest BCUT2D eigenvalue weighted by atomic mass is 10.1. The van der Waals surface area contributed by atoms with E-state index in [1.54, 1.807) is 141 Å². The van der Waals surface area contributed by atoms with Crippen LogP contribution in [0.25, 0.3) is 81.1 Å². The third-order valence-corrected chi connectivity index (χ3v) is 29.9. The highest BCUT2D eigenvalue weighted by molar-refractivity contribution is 7.19. The van der Waals surface area contributed by atoms with Crippen LogP contribution >= 0.6 is 115 Å². The number of primary amides is 4. The number of imidazole rings is 5. The van der Waals surface area contributed by atoms with E-state index in [9.17, 15) is 41.9 Å². The molecular weight excluding hydrogens is 2090 g/mol. The lowest BCUT2D eigenvalue weighted by Crippen LogP contribution is -2.17. The van der Waals surface area contributed by atoms with Gasteiger partial charge in [0.15, 0.2) is 5.65 Å². The molecule has 43 heteroatoms. The highest BCUT2D eigenvalue weighted by atomic mass is 35.5. The van der Waals surface area contributed by atoms with Gasteiger partial charge >= 0.3 is 12.3 Å². The number of ether oxygens (including phenoxy) is 6. The Hall–Kier alpha value is -15.4. The fourth-order valence-corrected chi connectivity index (χ4v) is 21.6. The Kier molecular flexibility index (Phi) is 32.6. The molecule has 0 radical (unpaired) electrons. The minimum atomic E-state index is -4.47. The SMILES string of the molecule is CC(Oc1cc(-c2cnc3cc(C(F)(F)F)ccn23)sc1C(N)=O)c1ccccc1Cl.CC(Oc1cc(-c2cnc3cc(N)ccn23)sc1C(N)=O)c1ccccc1Cl.CC(Oc1cc(-c2cnc3cccnn23)sc1C(N)=O)c1ccccc1Cl.CCOC(=O)Nc1ccn2c(-c3cc(OC(C)c4ccccc4Cl)c(C(N)=O)s3)cnc2c1.CNC(=O)c1sc(-c2cnc3ccccn23)cc1OC(C)c1ccccc1Cl. The molecule has 6 amide bonds. The molecule has 0 fully saturated rings. The Morgan fingerprint density at radius 2 is 0.687 bits per heavy atom. The molecule has 750 valence electrons. The molecule has 15 heterocycles. The third kappa shape index (κ3) is 23.9. The Morgan fingerprint density at radius 3 is 1.06 bits per heavy atom. The molecule has 0 bridgehead atoms. The summed E-state index contributed by atoms with van der Waals surface area (Å²) < 4.78 is 83.1. The van der Waals surface area contributed by atoms with Gasteiger partial charge in [0.1, 0.15) is 112 Å². The van der Waals surface area contributed by atoms with Crippen molar-refractivity contribution in [1.82, 2.24) is 57.5 Å². The van der Waals surface area contributed by atoms with Gasteiger partial charge in [-0.2, -0.15) is 18.3 Å². The molecule has 0 spiro atoms.